The van der Waals surface area contributed by atoms with Gasteiger partial charge in [-0.15, -0.1) is 11.3 Å². The molecule has 0 saturated carbocycles. The van der Waals surface area contributed by atoms with Gasteiger partial charge < -0.3 is 10.5 Å². The summed E-state index contributed by atoms with van der Waals surface area (Å²) in [4.78, 5) is 14.6. The zero-order chi connectivity index (χ0) is 11.4. The molecular weight excluding hydrogens is 226 g/mol. The summed E-state index contributed by atoms with van der Waals surface area (Å²) >= 11 is 1.57. The lowest BCUT2D eigenvalue weighted by Gasteiger charge is -2.22. The molecule has 0 saturated heterocycles. The molecule has 0 aliphatic carbocycles. The van der Waals surface area contributed by atoms with E-state index in [4.69, 9.17) is 5.11 Å². The van der Waals surface area contributed by atoms with Gasteiger partial charge in [-0.2, -0.15) is 0 Å². The molecule has 5 nitrogen and oxygen atoms in total. The van der Waals surface area contributed by atoms with E-state index in [1.807, 2.05) is 23.9 Å². The first-order valence-corrected chi connectivity index (χ1v) is 5.66. The first kappa shape index (κ1) is 10.7. The molecular formula is C10H11N3O2S. The number of carboxylic acids is 1. The summed E-state index contributed by atoms with van der Waals surface area (Å²) in [5, 5.41) is 13.1. The van der Waals surface area contributed by atoms with Gasteiger partial charge in [-0.3, -0.25) is 9.80 Å². The molecule has 1 aliphatic heterocycles. The molecule has 0 spiro atoms. The second-order valence-corrected chi connectivity index (χ2v) is 4.11. The van der Waals surface area contributed by atoms with Gasteiger partial charge in [0.1, 0.15) is 5.01 Å². The van der Waals surface area contributed by atoms with E-state index in [9.17, 15) is 4.79 Å². The van der Waals surface area contributed by atoms with Gasteiger partial charge in [0.05, 0.1) is 6.42 Å². The topological polar surface area (TPSA) is 65.5 Å². The van der Waals surface area contributed by atoms with Gasteiger partial charge in [0.25, 0.3) is 0 Å². The van der Waals surface area contributed by atoms with Crippen molar-refractivity contribution in [2.45, 2.75) is 6.42 Å². The van der Waals surface area contributed by atoms with E-state index in [0.29, 0.717) is 6.54 Å². The second-order valence-electron chi connectivity index (χ2n) is 3.22. The van der Waals surface area contributed by atoms with Gasteiger partial charge in [0.2, 0.25) is 0 Å². The molecule has 2 rings (SSSR count). The molecule has 0 amide bonds. The summed E-state index contributed by atoms with van der Waals surface area (Å²) in [6.45, 7) is 0.438. The van der Waals surface area contributed by atoms with Crippen LogP contribution in [-0.4, -0.2) is 27.6 Å². The van der Waals surface area contributed by atoms with Crippen molar-refractivity contribution in [1.82, 2.24) is 15.4 Å². The van der Waals surface area contributed by atoms with Crippen LogP contribution in [0.15, 0.2) is 30.1 Å². The van der Waals surface area contributed by atoms with E-state index in [1.54, 1.807) is 22.5 Å². The van der Waals surface area contributed by atoms with E-state index < -0.39 is 5.97 Å². The highest BCUT2D eigenvalue weighted by Crippen LogP contribution is 2.19. The summed E-state index contributed by atoms with van der Waals surface area (Å²) in [6.07, 6.45) is 7.42. The van der Waals surface area contributed by atoms with Crippen molar-refractivity contribution in [1.29, 1.82) is 0 Å². The number of aliphatic carboxylic acids is 1. The van der Waals surface area contributed by atoms with Crippen molar-refractivity contribution in [3.05, 3.63) is 35.1 Å². The minimum Gasteiger partial charge on any atom is -0.481 e. The molecule has 2 heterocycles. The van der Waals surface area contributed by atoms with Crippen molar-refractivity contribution in [3.8, 4) is 0 Å². The normalized spacial score (nSPS) is 14.5. The predicted octanol–water partition coefficient (Wildman–Crippen LogP) is 1.29. The number of thiazole rings is 1. The van der Waals surface area contributed by atoms with Crippen LogP contribution in [0.1, 0.15) is 11.4 Å². The molecule has 1 aromatic heterocycles. The van der Waals surface area contributed by atoms with Gasteiger partial charge in [-0.25, -0.2) is 4.98 Å². The lowest BCUT2D eigenvalue weighted by atomic mass is 10.2. The Morgan fingerprint density at radius 2 is 2.50 bits per heavy atom. The third-order valence-electron chi connectivity index (χ3n) is 2.07. The Morgan fingerprint density at radius 1 is 1.62 bits per heavy atom. The van der Waals surface area contributed by atoms with Crippen LogP contribution >= 0.6 is 11.3 Å². The minimum absolute atomic E-state index is 0.109. The smallest absolute Gasteiger partial charge is 0.305 e. The van der Waals surface area contributed by atoms with Gasteiger partial charge in [0.15, 0.2) is 0 Å². The molecule has 0 atom stereocenters. The summed E-state index contributed by atoms with van der Waals surface area (Å²) in [5.41, 5.74) is 4.00. The summed E-state index contributed by atoms with van der Waals surface area (Å²) in [7, 11) is 0. The molecule has 0 radical (unpaired) electrons. The number of carbonyl (C=O) groups is 1. The quantitative estimate of drug-likeness (QED) is 0.826. The third-order valence-corrected chi connectivity index (χ3v) is 2.89. The maximum atomic E-state index is 10.4. The fourth-order valence-electron chi connectivity index (χ4n) is 1.27. The largest absolute Gasteiger partial charge is 0.481 e. The molecule has 1 aliphatic rings. The minimum atomic E-state index is -0.801. The highest BCUT2D eigenvalue weighted by Gasteiger charge is 2.08. The number of rotatable bonds is 4. The van der Waals surface area contributed by atoms with E-state index in [2.05, 4.69) is 10.4 Å². The van der Waals surface area contributed by atoms with Crippen LogP contribution in [0.4, 0.5) is 0 Å². The van der Waals surface area contributed by atoms with Gasteiger partial charge in [-0.05, 0) is 6.08 Å². The van der Waals surface area contributed by atoms with Crippen molar-refractivity contribution < 1.29 is 9.90 Å². The Bertz CT molecular complexity index is 425. The lowest BCUT2D eigenvalue weighted by molar-refractivity contribution is -0.137. The molecule has 2 N–H and O–H groups in total. The van der Waals surface area contributed by atoms with Crippen LogP contribution in [0.3, 0.4) is 0 Å². The van der Waals surface area contributed by atoms with Gasteiger partial charge in [0, 0.05) is 36.1 Å². The molecule has 0 bridgehead atoms. The molecule has 0 fully saturated rings. The number of hydrazine groups is 1. The molecule has 0 aromatic carbocycles. The number of aromatic nitrogens is 1. The van der Waals surface area contributed by atoms with Crippen molar-refractivity contribution in [2.24, 2.45) is 0 Å². The Balaban J connectivity index is 1.91. The van der Waals surface area contributed by atoms with Crippen LogP contribution in [0, 0.1) is 0 Å². The van der Waals surface area contributed by atoms with E-state index in [-0.39, 0.29) is 6.42 Å². The summed E-state index contributed by atoms with van der Waals surface area (Å²) < 4.78 is 0. The Morgan fingerprint density at radius 3 is 3.06 bits per heavy atom. The number of hydrogen-bond acceptors (Lipinski definition) is 5. The number of carboxylic acid groups (broad SMARTS) is 1. The average molecular weight is 237 g/mol. The van der Waals surface area contributed by atoms with Crippen LogP contribution in [0.2, 0.25) is 0 Å². The van der Waals surface area contributed by atoms with Crippen LogP contribution < -0.4 is 5.43 Å². The molecule has 84 valence electrons. The highest BCUT2D eigenvalue weighted by molar-refractivity contribution is 7.10. The zero-order valence-electron chi connectivity index (χ0n) is 8.46. The van der Waals surface area contributed by atoms with Crippen molar-refractivity contribution in [3.63, 3.8) is 0 Å². The van der Waals surface area contributed by atoms with Gasteiger partial charge in [-0.1, -0.05) is 0 Å². The molecule has 6 heteroatoms. The third kappa shape index (κ3) is 2.60. The Labute approximate surface area is 96.7 Å². The van der Waals surface area contributed by atoms with Crippen LogP contribution in [0.5, 0.6) is 0 Å². The lowest BCUT2D eigenvalue weighted by Crippen LogP contribution is -2.33. The SMILES string of the molecule is O=C(O)CCN1C=CC(c2nccs2)=CN1. The zero-order valence-corrected chi connectivity index (χ0v) is 9.28. The number of nitrogens with one attached hydrogen (secondary N) is 1. The fraction of sp³-hybridized carbons (Fsp3) is 0.200. The first-order valence-electron chi connectivity index (χ1n) is 4.78. The van der Waals surface area contributed by atoms with Gasteiger partial charge >= 0.3 is 5.97 Å². The maximum Gasteiger partial charge on any atom is 0.305 e. The highest BCUT2D eigenvalue weighted by atomic mass is 32.1. The molecule has 0 unspecified atom stereocenters. The van der Waals surface area contributed by atoms with E-state index in [0.717, 1.165) is 10.6 Å². The first-order chi connectivity index (χ1) is 7.75. The second kappa shape index (κ2) is 4.80. The number of hydrogen-bond donors (Lipinski definition) is 2. The summed E-state index contributed by atoms with van der Waals surface area (Å²) in [6, 6.07) is 0. The number of nitrogens with zero attached hydrogens (tertiary/aromatic N) is 2. The summed E-state index contributed by atoms with van der Waals surface area (Å²) in [5.74, 6) is -0.801. The van der Waals surface area contributed by atoms with Crippen LogP contribution in [-0.2, 0) is 4.79 Å². The predicted molar refractivity (Wildman–Crippen MR) is 61.3 cm³/mol. The van der Waals surface area contributed by atoms with E-state index in [1.165, 1.54) is 0 Å². The molecule has 1 aromatic rings. The molecule has 16 heavy (non-hydrogen) atoms. The maximum absolute atomic E-state index is 10.4. The monoisotopic (exact) mass is 237 g/mol. The van der Waals surface area contributed by atoms with E-state index >= 15 is 0 Å². The van der Waals surface area contributed by atoms with Crippen molar-refractivity contribution >= 4 is 22.9 Å². The van der Waals surface area contributed by atoms with Crippen molar-refractivity contribution in [2.75, 3.05) is 6.54 Å². The Kier molecular flexibility index (Phi) is 3.21. The Hall–Kier alpha value is -1.82. The number of allylic oxidation sites excluding steroid dienone is 2. The standard InChI is InChI=1S/C10H11N3O2S/c14-9(15)2-5-13-4-1-8(7-12-13)10-11-3-6-16-10/h1,3-4,6-7,12H,2,5H2,(H,14,15). The average Bonchev–Trinajstić information content (AvgIpc) is 2.80. The van der Waals surface area contributed by atoms with Crippen LogP contribution in [0.25, 0.3) is 5.57 Å². The fourth-order valence-corrected chi connectivity index (χ4v) is 1.90.